The highest BCUT2D eigenvalue weighted by Gasteiger charge is 2.25. The van der Waals surface area contributed by atoms with Crippen molar-refractivity contribution < 1.29 is 0 Å². The summed E-state index contributed by atoms with van der Waals surface area (Å²) in [7, 11) is 0. The molecule has 1 fully saturated rings. The fourth-order valence-electron chi connectivity index (χ4n) is 1.61. The van der Waals surface area contributed by atoms with Gasteiger partial charge in [-0.1, -0.05) is 12.5 Å². The number of hydrogen-bond acceptors (Lipinski definition) is 2. The highest BCUT2D eigenvalue weighted by Crippen LogP contribution is 2.35. The van der Waals surface area contributed by atoms with Gasteiger partial charge in [0, 0.05) is 12.2 Å². The Morgan fingerprint density at radius 3 is 2.62 bits per heavy atom. The van der Waals surface area contributed by atoms with Crippen molar-refractivity contribution in [3.63, 3.8) is 0 Å². The topological polar surface area (TPSA) is 38.9 Å². The highest BCUT2D eigenvalue weighted by atomic mass is 35.5. The zero-order valence-corrected chi connectivity index (χ0v) is 8.33. The van der Waals surface area contributed by atoms with Crippen molar-refractivity contribution in [3.8, 4) is 0 Å². The van der Waals surface area contributed by atoms with Crippen LogP contribution in [-0.4, -0.2) is 4.98 Å². The molecular weight excluding hydrogens is 184 g/mol. The number of aromatic nitrogens is 1. The van der Waals surface area contributed by atoms with Crippen molar-refractivity contribution in [2.75, 3.05) is 0 Å². The molecule has 1 aliphatic carbocycles. The van der Waals surface area contributed by atoms with Gasteiger partial charge in [0.2, 0.25) is 0 Å². The lowest BCUT2D eigenvalue weighted by atomic mass is 9.79. The lowest BCUT2D eigenvalue weighted by molar-refractivity contribution is 0.261. The highest BCUT2D eigenvalue weighted by molar-refractivity contribution is 5.85. The molecule has 2 rings (SSSR count). The molecule has 1 aromatic rings. The second-order valence-electron chi connectivity index (χ2n) is 3.47. The summed E-state index contributed by atoms with van der Waals surface area (Å²) in [6.07, 6.45) is 5.70. The van der Waals surface area contributed by atoms with E-state index in [2.05, 4.69) is 4.98 Å². The summed E-state index contributed by atoms with van der Waals surface area (Å²) in [4.78, 5) is 4.26. The second kappa shape index (κ2) is 4.58. The molecule has 2 nitrogen and oxygen atoms in total. The number of nitrogens with zero attached hydrogens (tertiary/aromatic N) is 1. The maximum atomic E-state index is 6.04. The molecule has 0 spiro atoms. The van der Waals surface area contributed by atoms with Crippen LogP contribution in [0.25, 0.3) is 0 Å². The summed E-state index contributed by atoms with van der Waals surface area (Å²) in [5.74, 6) is 0.680. The van der Waals surface area contributed by atoms with Crippen LogP contribution in [-0.2, 0) is 0 Å². The van der Waals surface area contributed by atoms with Gasteiger partial charge in [0.25, 0.3) is 0 Å². The number of hydrogen-bond donors (Lipinski definition) is 1. The summed E-state index contributed by atoms with van der Waals surface area (Å²) >= 11 is 0. The average molecular weight is 199 g/mol. The van der Waals surface area contributed by atoms with Gasteiger partial charge in [0.15, 0.2) is 0 Å². The molecule has 3 heteroatoms. The van der Waals surface area contributed by atoms with Crippen LogP contribution in [0.2, 0.25) is 0 Å². The van der Waals surface area contributed by atoms with Gasteiger partial charge in [-0.3, -0.25) is 4.98 Å². The first-order valence-corrected chi connectivity index (χ1v) is 4.54. The van der Waals surface area contributed by atoms with Gasteiger partial charge in [-0.25, -0.2) is 0 Å². The van der Waals surface area contributed by atoms with Gasteiger partial charge in [-0.2, -0.15) is 0 Å². The summed E-state index contributed by atoms with van der Waals surface area (Å²) in [6, 6.07) is 6.11. The first-order valence-electron chi connectivity index (χ1n) is 4.54. The van der Waals surface area contributed by atoms with Crippen molar-refractivity contribution in [2.24, 2.45) is 11.7 Å². The van der Waals surface area contributed by atoms with Crippen LogP contribution in [0.5, 0.6) is 0 Å². The molecule has 72 valence electrons. The van der Waals surface area contributed by atoms with E-state index in [0.29, 0.717) is 5.92 Å². The predicted molar refractivity (Wildman–Crippen MR) is 55.8 cm³/mol. The summed E-state index contributed by atoms with van der Waals surface area (Å²) in [6.45, 7) is 0. The summed E-state index contributed by atoms with van der Waals surface area (Å²) in [5, 5.41) is 0. The van der Waals surface area contributed by atoms with Crippen molar-refractivity contribution in [3.05, 3.63) is 30.1 Å². The third-order valence-corrected chi connectivity index (χ3v) is 2.69. The fraction of sp³-hybridized carbons (Fsp3) is 0.500. The largest absolute Gasteiger partial charge is 0.322 e. The smallest absolute Gasteiger partial charge is 0.0573 e. The van der Waals surface area contributed by atoms with E-state index in [-0.39, 0.29) is 18.4 Å². The molecule has 1 saturated carbocycles. The minimum Gasteiger partial charge on any atom is -0.322 e. The van der Waals surface area contributed by atoms with Crippen LogP contribution in [0, 0.1) is 5.92 Å². The lowest BCUT2D eigenvalue weighted by Gasteiger charge is -2.30. The van der Waals surface area contributed by atoms with E-state index in [1.807, 2.05) is 24.4 Å². The van der Waals surface area contributed by atoms with E-state index >= 15 is 0 Å². The van der Waals surface area contributed by atoms with E-state index in [0.717, 1.165) is 5.69 Å². The van der Waals surface area contributed by atoms with Crippen LogP contribution in [0.1, 0.15) is 31.0 Å². The van der Waals surface area contributed by atoms with E-state index < -0.39 is 0 Å². The van der Waals surface area contributed by atoms with Crippen LogP contribution in [0.3, 0.4) is 0 Å². The number of nitrogens with two attached hydrogens (primary N) is 1. The maximum absolute atomic E-state index is 6.04. The van der Waals surface area contributed by atoms with E-state index in [9.17, 15) is 0 Å². The van der Waals surface area contributed by atoms with E-state index in [4.69, 9.17) is 5.73 Å². The monoisotopic (exact) mass is 198 g/mol. The lowest BCUT2D eigenvalue weighted by Crippen LogP contribution is -2.27. The zero-order chi connectivity index (χ0) is 8.39. The van der Waals surface area contributed by atoms with Crippen molar-refractivity contribution >= 4 is 12.4 Å². The van der Waals surface area contributed by atoms with Gasteiger partial charge in [0.1, 0.15) is 0 Å². The van der Waals surface area contributed by atoms with Gasteiger partial charge in [-0.15, -0.1) is 12.4 Å². The summed E-state index contributed by atoms with van der Waals surface area (Å²) < 4.78 is 0. The zero-order valence-electron chi connectivity index (χ0n) is 7.52. The van der Waals surface area contributed by atoms with Crippen molar-refractivity contribution in [1.29, 1.82) is 0 Å². The normalized spacial score (nSPS) is 18.5. The Morgan fingerprint density at radius 1 is 1.38 bits per heavy atom. The Kier molecular flexibility index (Phi) is 3.70. The minimum atomic E-state index is 0. The minimum absolute atomic E-state index is 0. The third kappa shape index (κ3) is 2.20. The van der Waals surface area contributed by atoms with Crippen LogP contribution >= 0.6 is 12.4 Å². The molecule has 0 aliphatic heterocycles. The Bertz CT molecular complexity index is 246. The third-order valence-electron chi connectivity index (χ3n) is 2.69. The molecule has 0 radical (unpaired) electrons. The molecule has 0 amide bonds. The first kappa shape index (κ1) is 10.5. The molecule has 1 aromatic heterocycles. The molecule has 0 bridgehead atoms. The number of rotatable bonds is 2. The van der Waals surface area contributed by atoms with Crippen molar-refractivity contribution in [1.82, 2.24) is 4.98 Å². The number of halogens is 1. The second-order valence-corrected chi connectivity index (χ2v) is 3.47. The Labute approximate surface area is 85.0 Å². The first-order chi connectivity index (χ1) is 5.88. The Balaban J connectivity index is 0.000000845. The Morgan fingerprint density at radius 2 is 2.15 bits per heavy atom. The van der Waals surface area contributed by atoms with E-state index in [1.165, 1.54) is 19.3 Å². The Hall–Kier alpha value is -0.600. The standard InChI is InChI=1S/C10H14N2.ClH/c11-10(8-4-3-5-8)9-6-1-2-7-12-9;/h1-2,6-8,10H,3-5,11H2;1H. The molecule has 1 unspecified atom stereocenters. The van der Waals surface area contributed by atoms with Crippen LogP contribution in [0.15, 0.2) is 24.4 Å². The van der Waals surface area contributed by atoms with Crippen LogP contribution in [0.4, 0.5) is 0 Å². The predicted octanol–water partition coefficient (Wildman–Crippen LogP) is 2.30. The molecule has 1 aliphatic rings. The van der Waals surface area contributed by atoms with Gasteiger partial charge >= 0.3 is 0 Å². The van der Waals surface area contributed by atoms with Gasteiger partial charge in [-0.05, 0) is 30.9 Å². The average Bonchev–Trinajstić information content (AvgIpc) is 2.03. The molecule has 0 aromatic carbocycles. The van der Waals surface area contributed by atoms with E-state index in [1.54, 1.807) is 0 Å². The van der Waals surface area contributed by atoms with Gasteiger partial charge in [0.05, 0.1) is 5.69 Å². The van der Waals surface area contributed by atoms with Crippen LogP contribution < -0.4 is 5.73 Å². The molecule has 13 heavy (non-hydrogen) atoms. The summed E-state index contributed by atoms with van der Waals surface area (Å²) in [5.41, 5.74) is 7.08. The molecule has 1 heterocycles. The number of pyridine rings is 1. The molecule has 2 N–H and O–H groups in total. The molecule has 1 atom stereocenters. The molecular formula is C10H15ClN2. The SMILES string of the molecule is Cl.NC(c1ccccn1)C1CCC1. The fourth-order valence-corrected chi connectivity index (χ4v) is 1.61. The maximum Gasteiger partial charge on any atom is 0.0573 e. The molecule has 0 saturated heterocycles. The van der Waals surface area contributed by atoms with Crippen molar-refractivity contribution in [2.45, 2.75) is 25.3 Å². The van der Waals surface area contributed by atoms with Gasteiger partial charge < -0.3 is 5.73 Å². The quantitative estimate of drug-likeness (QED) is 0.792.